The minimum atomic E-state index is -3.57. The van der Waals surface area contributed by atoms with Gasteiger partial charge in [0.05, 0.1) is 6.54 Å². The normalized spacial score (nSPS) is 23.3. The summed E-state index contributed by atoms with van der Waals surface area (Å²) in [5.41, 5.74) is 0.533. The molecule has 2 aromatic rings. The monoisotopic (exact) mass is 525 g/mol. The summed E-state index contributed by atoms with van der Waals surface area (Å²) in [7, 11) is -1.88. The maximum atomic E-state index is 13.3. The van der Waals surface area contributed by atoms with Gasteiger partial charge in [-0.2, -0.15) is 0 Å². The summed E-state index contributed by atoms with van der Waals surface area (Å²) in [6.07, 6.45) is -0.882. The maximum Gasteiger partial charge on any atom is 0.416 e. The number of amides is 1. The molecule has 0 aliphatic carbocycles. The molecule has 13 heteroatoms. The number of anilines is 1. The number of halogens is 1. The summed E-state index contributed by atoms with van der Waals surface area (Å²) >= 11 is 2.83. The van der Waals surface area contributed by atoms with Crippen LogP contribution in [0, 0.1) is 8.78 Å². The predicted molar refractivity (Wildman–Crippen MR) is 109 cm³/mol. The largest absolute Gasteiger partial charge is 0.622 e. The minimum absolute atomic E-state index is 0.0418. The summed E-state index contributed by atoms with van der Waals surface area (Å²) in [6.45, 7) is 0.136. The van der Waals surface area contributed by atoms with Gasteiger partial charge < -0.3 is 9.94 Å². The number of hydrogen-bond donors (Lipinski definition) is 1. The van der Waals surface area contributed by atoms with Gasteiger partial charge in [0.1, 0.15) is 6.67 Å². The molecule has 1 aromatic carbocycles. The van der Waals surface area contributed by atoms with Gasteiger partial charge in [-0.15, -0.1) is 5.10 Å². The molecule has 0 bridgehead atoms. The second-order valence-corrected chi connectivity index (χ2v) is 10.5. The summed E-state index contributed by atoms with van der Waals surface area (Å²) in [6, 6.07) is 7.07. The number of quaternary nitrogens is 1. The van der Waals surface area contributed by atoms with Crippen LogP contribution in [0.3, 0.4) is 0 Å². The van der Waals surface area contributed by atoms with Crippen LogP contribution in [0.4, 0.5) is 15.6 Å². The van der Waals surface area contributed by atoms with E-state index in [1.54, 1.807) is 24.1 Å². The number of rotatable bonds is 4. The van der Waals surface area contributed by atoms with Crippen LogP contribution in [0.5, 0.6) is 0 Å². The Bertz CT molecular complexity index is 951. The zero-order chi connectivity index (χ0) is 19.8. The van der Waals surface area contributed by atoms with Crippen molar-refractivity contribution in [2.75, 3.05) is 31.8 Å². The molecular formula is C14H16IN5O5S2. The third-order valence-corrected chi connectivity index (χ3v) is 7.18. The van der Waals surface area contributed by atoms with Crippen molar-refractivity contribution < 1.29 is 17.9 Å². The molecule has 1 fully saturated rings. The van der Waals surface area contributed by atoms with Gasteiger partial charge in [0.2, 0.25) is 14.2 Å². The SMILES string of the molecule is CN1CC(OC(=O)Nc2ccc(I)cc2)[N+]([O-])(c2nnc(S(C)(=O)=O)s2)C1. The molecule has 0 spiro atoms. The van der Waals surface area contributed by atoms with E-state index in [0.29, 0.717) is 17.0 Å². The number of nitrogens with one attached hydrogen (secondary N) is 1. The fourth-order valence-corrected chi connectivity index (χ4v) is 4.55. The van der Waals surface area contributed by atoms with Crippen LogP contribution in [0.2, 0.25) is 0 Å². The third-order valence-electron chi connectivity index (χ3n) is 3.76. The van der Waals surface area contributed by atoms with E-state index in [1.165, 1.54) is 0 Å². The molecule has 1 N–H and O–H groups in total. The summed E-state index contributed by atoms with van der Waals surface area (Å²) in [5.74, 6) is 0. The van der Waals surface area contributed by atoms with E-state index in [9.17, 15) is 18.4 Å². The van der Waals surface area contributed by atoms with E-state index in [-0.39, 0.29) is 22.7 Å². The van der Waals surface area contributed by atoms with E-state index in [1.807, 2.05) is 12.1 Å². The van der Waals surface area contributed by atoms with Gasteiger partial charge in [0.15, 0.2) is 0 Å². The maximum absolute atomic E-state index is 13.3. The number of ether oxygens (including phenoxy) is 1. The lowest BCUT2D eigenvalue weighted by Gasteiger charge is -2.38. The Balaban J connectivity index is 1.78. The first-order valence-electron chi connectivity index (χ1n) is 7.62. The summed E-state index contributed by atoms with van der Waals surface area (Å²) in [4.78, 5) is 13.9. The van der Waals surface area contributed by atoms with Crippen molar-refractivity contribution in [1.82, 2.24) is 19.7 Å². The van der Waals surface area contributed by atoms with Crippen molar-refractivity contribution in [1.29, 1.82) is 0 Å². The van der Waals surface area contributed by atoms with Crippen molar-refractivity contribution in [2.24, 2.45) is 0 Å². The number of hydroxylamine groups is 2. The Labute approximate surface area is 173 Å². The molecule has 2 unspecified atom stereocenters. The first-order chi connectivity index (χ1) is 12.6. The fourth-order valence-electron chi connectivity index (χ4n) is 2.52. The number of nitrogens with zero attached hydrogens (tertiary/aromatic N) is 4. The van der Waals surface area contributed by atoms with Gasteiger partial charge in [0.25, 0.3) is 6.23 Å². The predicted octanol–water partition coefficient (Wildman–Crippen LogP) is 1.83. The number of aromatic nitrogens is 2. The Morgan fingerprint density at radius 1 is 1.41 bits per heavy atom. The Hall–Kier alpha value is -1.39. The van der Waals surface area contributed by atoms with Crippen LogP contribution in [0.25, 0.3) is 0 Å². The van der Waals surface area contributed by atoms with E-state index < -0.39 is 26.8 Å². The standard InChI is InChI=1S/C14H16IN5O5S2/c1-19-7-11(25-13(21)16-10-5-3-9(15)4-6-10)20(22,8-19)12-17-18-14(26-12)27(2,23)24/h3-6,11H,7-8H2,1-2H3,(H,16,21). The number of likely N-dealkylation sites (N-methyl/N-ethyl adjacent to an activating group) is 1. The molecule has 0 saturated carbocycles. The van der Waals surface area contributed by atoms with Gasteiger partial charge in [-0.25, -0.2) is 18.1 Å². The fraction of sp³-hybridized carbons (Fsp3) is 0.357. The average molecular weight is 525 g/mol. The number of carbonyl (C=O) groups is 1. The molecule has 1 amide bonds. The molecule has 27 heavy (non-hydrogen) atoms. The molecule has 2 heterocycles. The summed E-state index contributed by atoms with van der Waals surface area (Å²) < 4.78 is 28.2. The van der Waals surface area contributed by atoms with Gasteiger partial charge in [-0.1, -0.05) is 5.10 Å². The number of benzene rings is 1. The number of hydrogen-bond acceptors (Lipinski definition) is 9. The average Bonchev–Trinajstić information content (AvgIpc) is 3.16. The molecule has 3 rings (SSSR count). The second kappa shape index (κ2) is 7.56. The highest BCUT2D eigenvalue weighted by molar-refractivity contribution is 14.1. The van der Waals surface area contributed by atoms with Crippen molar-refractivity contribution in [3.05, 3.63) is 33.0 Å². The van der Waals surface area contributed by atoms with Gasteiger partial charge in [-0.05, 0) is 65.2 Å². The third kappa shape index (κ3) is 4.55. The Kier molecular flexibility index (Phi) is 5.69. The van der Waals surface area contributed by atoms with Crippen LogP contribution in [0.15, 0.2) is 28.6 Å². The molecule has 1 aromatic heterocycles. The lowest BCUT2D eigenvalue weighted by atomic mass is 10.3. The molecule has 146 valence electrons. The first kappa shape index (κ1) is 20.3. The Morgan fingerprint density at radius 3 is 2.67 bits per heavy atom. The molecule has 1 aliphatic rings. The van der Waals surface area contributed by atoms with Crippen LogP contribution in [0.1, 0.15) is 0 Å². The highest BCUT2D eigenvalue weighted by atomic mass is 127. The van der Waals surface area contributed by atoms with Crippen LogP contribution in [-0.4, -0.2) is 62.4 Å². The molecule has 0 radical (unpaired) electrons. The van der Waals surface area contributed by atoms with E-state index in [2.05, 4.69) is 38.1 Å². The molecule has 10 nitrogen and oxygen atoms in total. The minimum Gasteiger partial charge on any atom is -0.622 e. The van der Waals surface area contributed by atoms with Crippen molar-refractivity contribution in [3.8, 4) is 0 Å². The zero-order valence-corrected chi connectivity index (χ0v) is 18.1. The van der Waals surface area contributed by atoms with Crippen molar-refractivity contribution in [3.63, 3.8) is 0 Å². The first-order valence-corrected chi connectivity index (χ1v) is 11.4. The molecule has 1 saturated heterocycles. The Morgan fingerprint density at radius 2 is 2.07 bits per heavy atom. The lowest BCUT2D eigenvalue weighted by molar-refractivity contribution is 0.0553. The molecular weight excluding hydrogens is 509 g/mol. The smallest absolute Gasteiger partial charge is 0.416 e. The van der Waals surface area contributed by atoms with Crippen molar-refractivity contribution >= 4 is 60.7 Å². The molecule has 1 aliphatic heterocycles. The van der Waals surface area contributed by atoms with Gasteiger partial charge >= 0.3 is 11.2 Å². The second-order valence-electron chi connectivity index (χ2n) is 6.09. The summed E-state index contributed by atoms with van der Waals surface area (Å²) in [5, 5.41) is 23.1. The molecule has 2 atom stereocenters. The van der Waals surface area contributed by atoms with Crippen molar-refractivity contribution in [2.45, 2.75) is 10.6 Å². The quantitative estimate of drug-likeness (QED) is 0.364. The van der Waals surface area contributed by atoms with Gasteiger partial charge in [-0.3, -0.25) is 9.96 Å². The van der Waals surface area contributed by atoms with E-state index in [4.69, 9.17) is 4.74 Å². The topological polar surface area (TPSA) is 125 Å². The van der Waals surface area contributed by atoms with Crippen LogP contribution in [-0.2, 0) is 14.6 Å². The number of sulfone groups is 1. The van der Waals surface area contributed by atoms with Crippen LogP contribution >= 0.6 is 33.9 Å². The van der Waals surface area contributed by atoms with E-state index in [0.717, 1.165) is 9.83 Å². The van der Waals surface area contributed by atoms with E-state index >= 15 is 0 Å². The highest BCUT2D eigenvalue weighted by Crippen LogP contribution is 2.35. The number of carbonyl (C=O) groups excluding carboxylic acids is 1. The zero-order valence-electron chi connectivity index (χ0n) is 14.3. The van der Waals surface area contributed by atoms with Gasteiger partial charge in [0, 0.05) is 15.5 Å². The highest BCUT2D eigenvalue weighted by Gasteiger charge is 2.45. The van der Waals surface area contributed by atoms with Crippen LogP contribution < -0.4 is 9.96 Å². The lowest BCUT2D eigenvalue weighted by Crippen LogP contribution is -2.51.